The van der Waals surface area contributed by atoms with Gasteiger partial charge in [-0.05, 0) is 38.1 Å². The van der Waals surface area contributed by atoms with Crippen LogP contribution in [0.3, 0.4) is 0 Å². The average Bonchev–Trinajstić information content (AvgIpc) is 3.23. The van der Waals surface area contributed by atoms with Gasteiger partial charge in [0.1, 0.15) is 22.7 Å². The molecule has 0 amide bonds. The molecule has 0 aliphatic heterocycles. The highest BCUT2D eigenvalue weighted by Gasteiger charge is 2.34. The fraction of sp³-hybridized carbons (Fsp3) is 0.136. The maximum absolute atomic E-state index is 14.1. The third kappa shape index (κ3) is 3.16. The quantitative estimate of drug-likeness (QED) is 0.428. The molecule has 3 heterocycles. The van der Waals surface area contributed by atoms with Gasteiger partial charge in [-0.2, -0.15) is 0 Å². The zero-order chi connectivity index (χ0) is 21.8. The smallest absolute Gasteiger partial charge is 0.163 e. The van der Waals surface area contributed by atoms with E-state index in [1.54, 1.807) is 24.3 Å². The van der Waals surface area contributed by atoms with E-state index >= 15 is 0 Å². The van der Waals surface area contributed by atoms with Crippen LogP contribution in [0.15, 0.2) is 48.8 Å². The van der Waals surface area contributed by atoms with Crippen molar-refractivity contribution in [3.05, 3.63) is 71.2 Å². The number of nitrogen functional groups attached to an aromatic ring is 1. The second-order valence-corrected chi connectivity index (χ2v) is 8.10. The molecule has 3 N–H and O–H groups in total. The van der Waals surface area contributed by atoms with Crippen molar-refractivity contribution in [2.24, 2.45) is 0 Å². The van der Waals surface area contributed by atoms with Gasteiger partial charge in [0.05, 0.1) is 33.7 Å². The lowest BCUT2D eigenvalue weighted by molar-refractivity contribution is 0.576. The minimum atomic E-state index is -0.838. The number of rotatable bonds is 3. The van der Waals surface area contributed by atoms with E-state index in [9.17, 15) is 4.39 Å². The van der Waals surface area contributed by atoms with Crippen LogP contribution in [0.5, 0.6) is 0 Å². The monoisotopic (exact) mass is 433 g/mol. The number of aromatic nitrogens is 6. The molecule has 7 nitrogen and oxygen atoms in total. The Bertz CT molecular complexity index is 1460. The first kappa shape index (κ1) is 19.3. The van der Waals surface area contributed by atoms with Crippen molar-refractivity contribution in [3.63, 3.8) is 0 Å². The summed E-state index contributed by atoms with van der Waals surface area (Å²) in [7, 11) is 0. The van der Waals surface area contributed by atoms with Gasteiger partial charge in [0.2, 0.25) is 0 Å². The van der Waals surface area contributed by atoms with Crippen LogP contribution in [0, 0.1) is 5.82 Å². The van der Waals surface area contributed by atoms with Crippen LogP contribution in [0.25, 0.3) is 33.5 Å². The highest BCUT2D eigenvalue weighted by molar-refractivity contribution is 6.34. The van der Waals surface area contributed by atoms with E-state index in [1.807, 2.05) is 19.9 Å². The molecule has 5 aromatic rings. The lowest BCUT2D eigenvalue weighted by Crippen LogP contribution is -2.26. The van der Waals surface area contributed by atoms with Gasteiger partial charge in [-0.3, -0.25) is 0 Å². The summed E-state index contributed by atoms with van der Waals surface area (Å²) in [5.74, 6) is 0.321. The number of anilines is 1. The SMILES string of the molecule is CC(C)(c1nc(N)c2nc[nH]c2n1)c1nc2c(Cl)cccc2nc1-c1cccc(F)c1. The maximum atomic E-state index is 14.1. The van der Waals surface area contributed by atoms with Gasteiger partial charge in [0.25, 0.3) is 0 Å². The van der Waals surface area contributed by atoms with Crippen molar-refractivity contribution in [3.8, 4) is 11.3 Å². The van der Waals surface area contributed by atoms with Gasteiger partial charge in [-0.1, -0.05) is 29.8 Å². The maximum Gasteiger partial charge on any atom is 0.163 e. The third-order valence-electron chi connectivity index (χ3n) is 5.20. The van der Waals surface area contributed by atoms with Crippen molar-refractivity contribution in [2.75, 3.05) is 5.73 Å². The number of para-hydroxylation sites is 1. The number of fused-ring (bicyclic) bond motifs is 2. The predicted octanol–water partition coefficient (Wildman–Crippen LogP) is 4.66. The first-order valence-electron chi connectivity index (χ1n) is 9.54. The lowest BCUT2D eigenvalue weighted by Gasteiger charge is -2.25. The molecule has 0 atom stereocenters. The largest absolute Gasteiger partial charge is 0.382 e. The van der Waals surface area contributed by atoms with E-state index in [0.717, 1.165) is 0 Å². The number of halogens is 2. The van der Waals surface area contributed by atoms with Crippen molar-refractivity contribution in [1.29, 1.82) is 0 Å². The van der Waals surface area contributed by atoms with Crippen LogP contribution < -0.4 is 5.73 Å². The summed E-state index contributed by atoms with van der Waals surface area (Å²) in [6.07, 6.45) is 1.51. The van der Waals surface area contributed by atoms with Crippen LogP contribution in [-0.4, -0.2) is 29.9 Å². The molecule has 0 saturated carbocycles. The zero-order valence-corrected chi connectivity index (χ0v) is 17.4. The number of hydrogen-bond acceptors (Lipinski definition) is 6. The fourth-order valence-electron chi connectivity index (χ4n) is 3.56. The molecule has 31 heavy (non-hydrogen) atoms. The molecule has 0 aliphatic rings. The fourth-order valence-corrected chi connectivity index (χ4v) is 3.77. The van der Waals surface area contributed by atoms with Gasteiger partial charge in [-0.25, -0.2) is 29.3 Å². The molecule has 2 aromatic carbocycles. The summed E-state index contributed by atoms with van der Waals surface area (Å²) in [5, 5.41) is 0.470. The number of nitrogens with zero attached hydrogens (tertiary/aromatic N) is 5. The Morgan fingerprint density at radius 1 is 1.00 bits per heavy atom. The molecule has 0 aliphatic carbocycles. The first-order valence-corrected chi connectivity index (χ1v) is 9.92. The number of aromatic amines is 1. The molecule has 9 heteroatoms. The Morgan fingerprint density at radius 2 is 1.81 bits per heavy atom. The van der Waals surface area contributed by atoms with Crippen molar-refractivity contribution in [1.82, 2.24) is 29.9 Å². The van der Waals surface area contributed by atoms with Gasteiger partial charge >= 0.3 is 0 Å². The minimum absolute atomic E-state index is 0.258. The molecule has 5 rings (SSSR count). The van der Waals surface area contributed by atoms with Crippen molar-refractivity contribution < 1.29 is 4.39 Å². The van der Waals surface area contributed by atoms with E-state index in [1.165, 1.54) is 18.5 Å². The normalized spacial score (nSPS) is 12.0. The second-order valence-electron chi connectivity index (χ2n) is 7.70. The van der Waals surface area contributed by atoms with Crippen LogP contribution >= 0.6 is 11.6 Å². The molecule has 0 radical (unpaired) electrons. The third-order valence-corrected chi connectivity index (χ3v) is 5.51. The number of nitrogens with one attached hydrogen (secondary N) is 1. The minimum Gasteiger partial charge on any atom is -0.382 e. The molecular weight excluding hydrogens is 417 g/mol. The molecule has 0 spiro atoms. The van der Waals surface area contributed by atoms with Gasteiger partial charge < -0.3 is 10.7 Å². The first-order chi connectivity index (χ1) is 14.8. The summed E-state index contributed by atoms with van der Waals surface area (Å²) in [6, 6.07) is 11.6. The highest BCUT2D eigenvalue weighted by atomic mass is 35.5. The number of benzene rings is 2. The molecule has 0 unspecified atom stereocenters. The Kier molecular flexibility index (Phi) is 4.33. The predicted molar refractivity (Wildman–Crippen MR) is 118 cm³/mol. The van der Waals surface area contributed by atoms with Gasteiger partial charge in [0.15, 0.2) is 11.5 Å². The van der Waals surface area contributed by atoms with Crippen LogP contribution in [-0.2, 0) is 5.41 Å². The van der Waals surface area contributed by atoms with E-state index in [-0.39, 0.29) is 11.6 Å². The van der Waals surface area contributed by atoms with E-state index in [4.69, 9.17) is 27.3 Å². The molecule has 3 aromatic heterocycles. The Morgan fingerprint density at radius 3 is 2.61 bits per heavy atom. The van der Waals surface area contributed by atoms with E-state index in [2.05, 4.69) is 19.9 Å². The number of imidazole rings is 1. The molecule has 154 valence electrons. The van der Waals surface area contributed by atoms with Crippen LogP contribution in [0.1, 0.15) is 25.4 Å². The molecule has 0 saturated heterocycles. The number of H-pyrrole nitrogens is 1. The Hall–Kier alpha value is -3.65. The Balaban J connectivity index is 1.82. The highest BCUT2D eigenvalue weighted by Crippen LogP contribution is 2.37. The number of nitrogens with two attached hydrogens (primary N) is 1. The Labute approximate surface area is 181 Å². The van der Waals surface area contributed by atoms with E-state index in [0.29, 0.717) is 50.0 Å². The van der Waals surface area contributed by atoms with Crippen LogP contribution in [0.2, 0.25) is 5.02 Å². The zero-order valence-electron chi connectivity index (χ0n) is 16.7. The van der Waals surface area contributed by atoms with E-state index < -0.39 is 5.41 Å². The van der Waals surface area contributed by atoms with Crippen LogP contribution in [0.4, 0.5) is 10.2 Å². The van der Waals surface area contributed by atoms with Crippen molar-refractivity contribution in [2.45, 2.75) is 19.3 Å². The molecule has 0 bridgehead atoms. The van der Waals surface area contributed by atoms with Gasteiger partial charge in [0, 0.05) is 5.56 Å². The summed E-state index contributed by atoms with van der Waals surface area (Å²) in [5.41, 5.74) is 9.12. The molecular formula is C22H17ClFN7. The summed E-state index contributed by atoms with van der Waals surface area (Å²) >= 11 is 6.41. The topological polar surface area (TPSA) is 106 Å². The second kappa shape index (κ2) is 6.95. The van der Waals surface area contributed by atoms with Crippen molar-refractivity contribution >= 4 is 39.6 Å². The summed E-state index contributed by atoms with van der Waals surface area (Å²) < 4.78 is 14.1. The average molecular weight is 434 g/mol. The summed E-state index contributed by atoms with van der Waals surface area (Å²) in [4.78, 5) is 25.9. The molecule has 0 fully saturated rings. The number of hydrogen-bond donors (Lipinski definition) is 2. The van der Waals surface area contributed by atoms with Gasteiger partial charge in [-0.15, -0.1) is 0 Å². The standard InChI is InChI=1S/C22H17ClFN7/c1-22(2,21-30-19(25)17-20(31-21)27-10-26-17)18-15(11-5-3-6-12(24)9-11)28-14-8-4-7-13(23)16(14)29-18/h3-10H,1-2H3,(H3,25,26,27,30,31). The summed E-state index contributed by atoms with van der Waals surface area (Å²) in [6.45, 7) is 3.83. The lowest BCUT2D eigenvalue weighted by atomic mass is 9.84.